The summed E-state index contributed by atoms with van der Waals surface area (Å²) in [6, 6.07) is 6.05. The first kappa shape index (κ1) is 9.05. The molecular weight excluding hydrogens is 178 g/mol. The van der Waals surface area contributed by atoms with Crippen LogP contribution in [0.5, 0.6) is 0 Å². The first-order valence-electron chi connectivity index (χ1n) is 4.42. The molecule has 0 radical (unpaired) electrons. The lowest BCUT2D eigenvalue weighted by atomic mass is 10.1. The van der Waals surface area contributed by atoms with E-state index in [9.17, 15) is 0 Å². The average Bonchev–Trinajstić information content (AvgIpc) is 2.26. The van der Waals surface area contributed by atoms with Crippen LogP contribution in [0.3, 0.4) is 0 Å². The van der Waals surface area contributed by atoms with E-state index in [1.54, 1.807) is 12.4 Å². The Morgan fingerprint density at radius 2 is 2.07 bits per heavy atom. The van der Waals surface area contributed by atoms with Gasteiger partial charge < -0.3 is 4.84 Å². The molecule has 0 aliphatic rings. The number of nitrogens with zero attached hydrogens (tertiary/aromatic N) is 2. The van der Waals surface area contributed by atoms with E-state index in [4.69, 9.17) is 5.90 Å². The fourth-order valence-electron chi connectivity index (χ4n) is 1.48. The van der Waals surface area contributed by atoms with Crippen molar-refractivity contribution in [3.63, 3.8) is 0 Å². The molecule has 1 aromatic heterocycles. The van der Waals surface area contributed by atoms with E-state index in [1.807, 2.05) is 18.2 Å². The van der Waals surface area contributed by atoms with Gasteiger partial charge in [0.2, 0.25) is 0 Å². The molecule has 0 aliphatic carbocycles. The molecule has 1 aromatic carbocycles. The van der Waals surface area contributed by atoms with Crippen molar-refractivity contribution in [1.82, 2.24) is 10.2 Å². The Bertz CT molecular complexity index is 425. The van der Waals surface area contributed by atoms with E-state index < -0.39 is 0 Å². The van der Waals surface area contributed by atoms with Gasteiger partial charge in [0.15, 0.2) is 0 Å². The van der Waals surface area contributed by atoms with E-state index in [0.29, 0.717) is 6.61 Å². The fourth-order valence-corrected chi connectivity index (χ4v) is 1.48. The zero-order valence-electron chi connectivity index (χ0n) is 7.68. The molecule has 4 nitrogen and oxygen atoms in total. The molecule has 0 spiro atoms. The van der Waals surface area contributed by atoms with Gasteiger partial charge in [0.05, 0.1) is 19.0 Å². The highest BCUT2D eigenvalue weighted by Crippen LogP contribution is 2.16. The van der Waals surface area contributed by atoms with Gasteiger partial charge in [-0.2, -0.15) is 10.2 Å². The summed E-state index contributed by atoms with van der Waals surface area (Å²) in [5.74, 6) is 4.99. The van der Waals surface area contributed by atoms with Crippen molar-refractivity contribution in [3.8, 4) is 0 Å². The second-order valence-corrected chi connectivity index (χ2v) is 3.03. The standard InChI is InChI=1S/C10H11N3O/c11-14-5-4-8-2-1-3-9-6-12-13-7-10(8)9/h1-3,6-7H,4-5,11H2. The van der Waals surface area contributed by atoms with E-state index in [1.165, 1.54) is 5.56 Å². The van der Waals surface area contributed by atoms with Crippen LogP contribution in [0, 0.1) is 0 Å². The number of rotatable bonds is 3. The summed E-state index contributed by atoms with van der Waals surface area (Å²) in [6.45, 7) is 0.515. The Kier molecular flexibility index (Phi) is 2.67. The number of benzene rings is 1. The molecule has 0 unspecified atom stereocenters. The molecule has 14 heavy (non-hydrogen) atoms. The van der Waals surface area contributed by atoms with Crippen molar-refractivity contribution in [1.29, 1.82) is 0 Å². The molecule has 0 bridgehead atoms. The van der Waals surface area contributed by atoms with E-state index in [2.05, 4.69) is 15.0 Å². The van der Waals surface area contributed by atoms with Crippen LogP contribution in [0.2, 0.25) is 0 Å². The Morgan fingerprint density at radius 1 is 1.21 bits per heavy atom. The zero-order chi connectivity index (χ0) is 9.80. The monoisotopic (exact) mass is 189 g/mol. The molecule has 0 amide bonds. The summed E-state index contributed by atoms with van der Waals surface area (Å²) in [5.41, 5.74) is 1.18. The minimum absolute atomic E-state index is 0.515. The Balaban J connectivity index is 2.43. The highest BCUT2D eigenvalue weighted by atomic mass is 16.6. The van der Waals surface area contributed by atoms with Crippen LogP contribution in [-0.2, 0) is 11.3 Å². The number of hydrogen-bond donors (Lipinski definition) is 1. The van der Waals surface area contributed by atoms with Crippen LogP contribution < -0.4 is 5.90 Å². The summed E-state index contributed by atoms with van der Waals surface area (Å²) in [6.07, 6.45) is 4.31. The molecular formula is C10H11N3O. The molecule has 0 aliphatic heterocycles. The summed E-state index contributed by atoms with van der Waals surface area (Å²) >= 11 is 0. The lowest BCUT2D eigenvalue weighted by Gasteiger charge is -2.03. The van der Waals surface area contributed by atoms with E-state index >= 15 is 0 Å². The molecule has 1 heterocycles. The summed E-state index contributed by atoms with van der Waals surface area (Å²) in [5, 5.41) is 9.89. The van der Waals surface area contributed by atoms with Crippen LogP contribution in [0.15, 0.2) is 30.6 Å². The number of aromatic nitrogens is 2. The Morgan fingerprint density at radius 3 is 2.93 bits per heavy atom. The summed E-state index contributed by atoms with van der Waals surface area (Å²) in [4.78, 5) is 4.56. The van der Waals surface area contributed by atoms with Crippen LogP contribution in [0.1, 0.15) is 5.56 Å². The van der Waals surface area contributed by atoms with Gasteiger partial charge in [-0.3, -0.25) is 0 Å². The molecule has 0 saturated heterocycles. The maximum atomic E-state index is 4.99. The quantitative estimate of drug-likeness (QED) is 0.733. The SMILES string of the molecule is NOCCc1cccc2cnncc12. The summed E-state index contributed by atoms with van der Waals surface area (Å²) < 4.78 is 0. The highest BCUT2D eigenvalue weighted by molar-refractivity contribution is 5.83. The van der Waals surface area contributed by atoms with Gasteiger partial charge >= 0.3 is 0 Å². The molecule has 4 heteroatoms. The van der Waals surface area contributed by atoms with Gasteiger partial charge in [-0.25, -0.2) is 5.90 Å². The number of hydrogen-bond acceptors (Lipinski definition) is 4. The van der Waals surface area contributed by atoms with Crippen molar-refractivity contribution in [2.75, 3.05) is 6.61 Å². The van der Waals surface area contributed by atoms with Crippen molar-refractivity contribution in [3.05, 3.63) is 36.2 Å². The predicted molar refractivity (Wildman–Crippen MR) is 53.4 cm³/mol. The first-order valence-corrected chi connectivity index (χ1v) is 4.42. The van der Waals surface area contributed by atoms with Crippen LogP contribution in [0.25, 0.3) is 10.8 Å². The van der Waals surface area contributed by atoms with E-state index in [-0.39, 0.29) is 0 Å². The van der Waals surface area contributed by atoms with Gasteiger partial charge in [0.1, 0.15) is 0 Å². The fraction of sp³-hybridized carbons (Fsp3) is 0.200. The minimum Gasteiger partial charge on any atom is -0.304 e. The van der Waals surface area contributed by atoms with Crippen LogP contribution in [-0.4, -0.2) is 16.8 Å². The molecule has 2 N–H and O–H groups in total. The molecule has 0 atom stereocenters. The smallest absolute Gasteiger partial charge is 0.0719 e. The van der Waals surface area contributed by atoms with Gasteiger partial charge in [-0.05, 0) is 12.0 Å². The lowest BCUT2D eigenvalue weighted by molar-refractivity contribution is 0.141. The lowest BCUT2D eigenvalue weighted by Crippen LogP contribution is -2.04. The van der Waals surface area contributed by atoms with Gasteiger partial charge in [0.25, 0.3) is 0 Å². The molecule has 0 saturated carbocycles. The average molecular weight is 189 g/mol. The Hall–Kier alpha value is -1.52. The third-order valence-electron chi connectivity index (χ3n) is 2.17. The minimum atomic E-state index is 0.515. The molecule has 2 rings (SSSR count). The number of fused-ring (bicyclic) bond motifs is 1. The number of nitrogens with two attached hydrogens (primary N) is 1. The molecule has 0 fully saturated rings. The van der Waals surface area contributed by atoms with Crippen LogP contribution in [0.4, 0.5) is 0 Å². The van der Waals surface area contributed by atoms with Crippen molar-refractivity contribution < 1.29 is 4.84 Å². The molecule has 2 aromatic rings. The maximum absolute atomic E-state index is 4.99. The van der Waals surface area contributed by atoms with Gasteiger partial charge in [-0.1, -0.05) is 18.2 Å². The zero-order valence-corrected chi connectivity index (χ0v) is 7.68. The molecule has 72 valence electrons. The third-order valence-corrected chi connectivity index (χ3v) is 2.17. The normalized spacial score (nSPS) is 10.6. The van der Waals surface area contributed by atoms with Crippen molar-refractivity contribution in [2.45, 2.75) is 6.42 Å². The highest BCUT2D eigenvalue weighted by Gasteiger charge is 2.00. The Labute approximate surface area is 81.7 Å². The second-order valence-electron chi connectivity index (χ2n) is 3.03. The van der Waals surface area contributed by atoms with Gasteiger partial charge in [-0.15, -0.1) is 0 Å². The largest absolute Gasteiger partial charge is 0.304 e. The maximum Gasteiger partial charge on any atom is 0.0719 e. The van der Waals surface area contributed by atoms with Gasteiger partial charge in [0, 0.05) is 10.8 Å². The first-order chi connectivity index (χ1) is 6.92. The predicted octanol–water partition coefficient (Wildman–Crippen LogP) is 1.06. The topological polar surface area (TPSA) is 61.0 Å². The van der Waals surface area contributed by atoms with Crippen molar-refractivity contribution in [2.24, 2.45) is 5.90 Å². The van der Waals surface area contributed by atoms with E-state index in [0.717, 1.165) is 17.2 Å². The van der Waals surface area contributed by atoms with Crippen molar-refractivity contribution >= 4 is 10.8 Å². The van der Waals surface area contributed by atoms with Crippen LogP contribution >= 0.6 is 0 Å². The second kappa shape index (κ2) is 4.13. The third kappa shape index (κ3) is 1.71. The summed E-state index contributed by atoms with van der Waals surface area (Å²) in [7, 11) is 0.